The van der Waals surface area contributed by atoms with Crippen LogP contribution in [0.25, 0.3) is 0 Å². The Bertz CT molecular complexity index is 456. The molecule has 110 valence electrons. The van der Waals surface area contributed by atoms with Gasteiger partial charge >= 0.3 is 0 Å². The van der Waals surface area contributed by atoms with Crippen LogP contribution in [0.5, 0.6) is 0 Å². The molecule has 1 aliphatic rings. The first-order valence-electron chi connectivity index (χ1n) is 7.18. The molecule has 0 aromatic heterocycles. The predicted octanol–water partition coefficient (Wildman–Crippen LogP) is 3.28. The number of nitrogens with one attached hydrogen (secondary N) is 1. The Balaban J connectivity index is 1.86. The first-order chi connectivity index (χ1) is 9.36. The molecular weight excluding hydrogens is 363 g/mol. The molecular formula is C16H23IN2O. The fourth-order valence-electron chi connectivity index (χ4n) is 2.56. The second-order valence-corrected chi connectivity index (χ2v) is 7.66. The molecule has 1 fully saturated rings. The maximum atomic E-state index is 12.2. The van der Waals surface area contributed by atoms with Gasteiger partial charge in [-0.1, -0.05) is 0 Å². The van der Waals surface area contributed by atoms with Crippen LogP contribution in [0.1, 0.15) is 44.0 Å². The zero-order chi connectivity index (χ0) is 14.8. The summed E-state index contributed by atoms with van der Waals surface area (Å²) < 4.78 is 1.15. The molecule has 3 nitrogen and oxygen atoms in total. The summed E-state index contributed by atoms with van der Waals surface area (Å²) in [7, 11) is 0. The van der Waals surface area contributed by atoms with Gasteiger partial charge in [-0.15, -0.1) is 0 Å². The molecule has 0 saturated carbocycles. The zero-order valence-corrected chi connectivity index (χ0v) is 14.6. The van der Waals surface area contributed by atoms with Crippen LogP contribution in [-0.2, 0) is 0 Å². The molecule has 0 unspecified atom stereocenters. The van der Waals surface area contributed by atoms with Crippen LogP contribution in [0.15, 0.2) is 24.3 Å². The lowest BCUT2D eigenvalue weighted by Crippen LogP contribution is -2.50. The highest BCUT2D eigenvalue weighted by atomic mass is 127. The van der Waals surface area contributed by atoms with E-state index in [1.165, 1.54) is 0 Å². The Hall–Kier alpha value is -0.620. The van der Waals surface area contributed by atoms with E-state index in [4.69, 9.17) is 0 Å². The van der Waals surface area contributed by atoms with E-state index in [2.05, 4.69) is 53.6 Å². The van der Waals surface area contributed by atoms with Crippen molar-refractivity contribution in [3.05, 3.63) is 33.4 Å². The minimum absolute atomic E-state index is 0.0515. The quantitative estimate of drug-likeness (QED) is 0.792. The normalized spacial score (nSPS) is 18.0. The highest BCUT2D eigenvalue weighted by molar-refractivity contribution is 14.1. The second kappa shape index (κ2) is 6.43. The van der Waals surface area contributed by atoms with Crippen molar-refractivity contribution in [1.82, 2.24) is 10.2 Å². The first-order valence-corrected chi connectivity index (χ1v) is 8.25. The molecule has 1 aliphatic heterocycles. The fourth-order valence-corrected chi connectivity index (χ4v) is 2.92. The van der Waals surface area contributed by atoms with Crippen molar-refractivity contribution in [2.75, 3.05) is 13.1 Å². The van der Waals surface area contributed by atoms with E-state index in [1.807, 2.05) is 24.3 Å². The van der Waals surface area contributed by atoms with Gasteiger partial charge in [0.2, 0.25) is 0 Å². The third-order valence-electron chi connectivity index (χ3n) is 3.89. The highest BCUT2D eigenvalue weighted by Gasteiger charge is 2.27. The third kappa shape index (κ3) is 4.19. The minimum atomic E-state index is 0.0515. The number of carbonyl (C=O) groups excluding carboxylic acids is 1. The number of nitrogens with zero attached hydrogens (tertiary/aromatic N) is 1. The maximum absolute atomic E-state index is 12.2. The number of hydrogen-bond donors (Lipinski definition) is 1. The molecule has 1 aromatic carbocycles. The Labute approximate surface area is 135 Å². The Morgan fingerprint density at radius 1 is 1.20 bits per heavy atom. The second-order valence-electron chi connectivity index (χ2n) is 6.41. The molecule has 0 spiro atoms. The van der Waals surface area contributed by atoms with Crippen molar-refractivity contribution < 1.29 is 4.79 Å². The smallest absolute Gasteiger partial charge is 0.251 e. The number of piperidine rings is 1. The van der Waals surface area contributed by atoms with Gasteiger partial charge in [0, 0.05) is 33.8 Å². The molecule has 2 rings (SSSR count). The summed E-state index contributed by atoms with van der Waals surface area (Å²) in [5.74, 6) is 0.0515. The van der Waals surface area contributed by atoms with Crippen LogP contribution in [0.4, 0.5) is 0 Å². The van der Waals surface area contributed by atoms with E-state index >= 15 is 0 Å². The Kier molecular flexibility index (Phi) is 5.07. The van der Waals surface area contributed by atoms with Gasteiger partial charge in [0.1, 0.15) is 0 Å². The average Bonchev–Trinajstić information content (AvgIpc) is 2.39. The molecule has 20 heavy (non-hydrogen) atoms. The summed E-state index contributed by atoms with van der Waals surface area (Å²) >= 11 is 2.25. The van der Waals surface area contributed by atoms with Gasteiger partial charge < -0.3 is 5.32 Å². The highest BCUT2D eigenvalue weighted by Crippen LogP contribution is 2.20. The summed E-state index contributed by atoms with van der Waals surface area (Å²) in [6.45, 7) is 8.86. The molecule has 1 amide bonds. The molecule has 1 N–H and O–H groups in total. The molecule has 0 atom stereocenters. The lowest BCUT2D eigenvalue weighted by molar-refractivity contribution is 0.0812. The van der Waals surface area contributed by atoms with Crippen molar-refractivity contribution in [1.29, 1.82) is 0 Å². The van der Waals surface area contributed by atoms with Gasteiger partial charge in [-0.05, 0) is 80.5 Å². The molecule has 1 aromatic rings. The number of halogens is 1. The molecule has 0 aliphatic carbocycles. The van der Waals surface area contributed by atoms with Crippen molar-refractivity contribution in [2.24, 2.45) is 0 Å². The molecule has 1 heterocycles. The number of benzene rings is 1. The third-order valence-corrected chi connectivity index (χ3v) is 4.60. The molecule has 0 bridgehead atoms. The number of rotatable bonds is 2. The number of likely N-dealkylation sites (tertiary alicyclic amines) is 1. The average molecular weight is 386 g/mol. The lowest BCUT2D eigenvalue weighted by atomic mass is 9.98. The molecule has 0 radical (unpaired) electrons. The van der Waals surface area contributed by atoms with Gasteiger partial charge in [-0.2, -0.15) is 0 Å². The number of hydrogen-bond acceptors (Lipinski definition) is 2. The van der Waals surface area contributed by atoms with Crippen LogP contribution in [0.3, 0.4) is 0 Å². The van der Waals surface area contributed by atoms with Gasteiger partial charge in [-0.3, -0.25) is 9.69 Å². The molecule has 1 saturated heterocycles. The van der Waals surface area contributed by atoms with Crippen LogP contribution >= 0.6 is 22.6 Å². The van der Waals surface area contributed by atoms with E-state index in [0.29, 0.717) is 6.04 Å². The molecule has 4 heteroatoms. The van der Waals surface area contributed by atoms with Crippen molar-refractivity contribution >= 4 is 28.5 Å². The van der Waals surface area contributed by atoms with Crippen LogP contribution in [0, 0.1) is 3.57 Å². The Morgan fingerprint density at radius 2 is 1.75 bits per heavy atom. The predicted molar refractivity (Wildman–Crippen MR) is 91.0 cm³/mol. The zero-order valence-electron chi connectivity index (χ0n) is 12.4. The van der Waals surface area contributed by atoms with E-state index in [9.17, 15) is 4.79 Å². The number of amides is 1. The van der Waals surface area contributed by atoms with E-state index in [0.717, 1.165) is 35.1 Å². The lowest BCUT2D eigenvalue weighted by Gasteiger charge is -2.41. The minimum Gasteiger partial charge on any atom is -0.349 e. The van der Waals surface area contributed by atoms with E-state index in [1.54, 1.807) is 0 Å². The summed E-state index contributed by atoms with van der Waals surface area (Å²) in [4.78, 5) is 14.7. The van der Waals surface area contributed by atoms with Gasteiger partial charge in [-0.25, -0.2) is 0 Å². The maximum Gasteiger partial charge on any atom is 0.251 e. The first kappa shape index (κ1) is 15.8. The monoisotopic (exact) mass is 386 g/mol. The Morgan fingerprint density at radius 3 is 2.25 bits per heavy atom. The summed E-state index contributed by atoms with van der Waals surface area (Å²) in [6.07, 6.45) is 2.07. The van der Waals surface area contributed by atoms with Gasteiger partial charge in [0.25, 0.3) is 5.91 Å². The standard InChI is InChI=1S/C16H23IN2O/c1-16(2,3)19-10-8-14(9-11-19)18-15(20)12-4-6-13(17)7-5-12/h4-7,14H,8-11H2,1-3H3,(H,18,20). The largest absolute Gasteiger partial charge is 0.349 e. The van der Waals surface area contributed by atoms with Crippen molar-refractivity contribution in [2.45, 2.75) is 45.2 Å². The van der Waals surface area contributed by atoms with E-state index < -0.39 is 0 Å². The topological polar surface area (TPSA) is 32.3 Å². The fraction of sp³-hybridized carbons (Fsp3) is 0.562. The van der Waals surface area contributed by atoms with Gasteiger partial charge in [0.15, 0.2) is 0 Å². The van der Waals surface area contributed by atoms with Crippen molar-refractivity contribution in [3.63, 3.8) is 0 Å². The SMILES string of the molecule is CC(C)(C)N1CCC(NC(=O)c2ccc(I)cc2)CC1. The number of carbonyl (C=O) groups is 1. The summed E-state index contributed by atoms with van der Waals surface area (Å²) in [5, 5.41) is 3.16. The van der Waals surface area contributed by atoms with Crippen molar-refractivity contribution in [3.8, 4) is 0 Å². The van der Waals surface area contributed by atoms with Gasteiger partial charge in [0.05, 0.1) is 0 Å². The summed E-state index contributed by atoms with van der Waals surface area (Å²) in [5.41, 5.74) is 0.981. The van der Waals surface area contributed by atoms with Crippen LogP contribution in [0.2, 0.25) is 0 Å². The van der Waals surface area contributed by atoms with Crippen LogP contribution < -0.4 is 5.32 Å². The van der Waals surface area contributed by atoms with Crippen LogP contribution in [-0.4, -0.2) is 35.5 Å². The van der Waals surface area contributed by atoms with E-state index in [-0.39, 0.29) is 11.4 Å². The summed E-state index contributed by atoms with van der Waals surface area (Å²) in [6, 6.07) is 8.03.